The minimum absolute atomic E-state index is 0.0621. The number of aromatic amines is 1. The third kappa shape index (κ3) is 4.45. The van der Waals surface area contributed by atoms with E-state index in [1.807, 2.05) is 0 Å². The number of thioether (sulfide) groups is 1. The molecule has 1 aromatic carbocycles. The molecule has 110 valence electrons. The van der Waals surface area contributed by atoms with E-state index >= 15 is 0 Å². The predicted octanol–water partition coefficient (Wildman–Crippen LogP) is 2.51. The lowest BCUT2D eigenvalue weighted by Crippen LogP contribution is -2.17. The topological polar surface area (TPSA) is 87.7 Å². The summed E-state index contributed by atoms with van der Waals surface area (Å²) >= 11 is 12.8. The molecular weight excluding hydrogens is 335 g/mol. The highest BCUT2D eigenvalue weighted by molar-refractivity contribution is 7.99. The number of H-pyrrole nitrogens is 1. The molecule has 0 bridgehead atoms. The molecule has 1 amide bonds. The smallest absolute Gasteiger partial charge is 0.273 e. The molecule has 2 aromatic rings. The summed E-state index contributed by atoms with van der Waals surface area (Å²) in [4.78, 5) is 25.7. The van der Waals surface area contributed by atoms with Crippen LogP contribution in [0.15, 0.2) is 28.2 Å². The molecular formula is C12H10Cl2N4O2S. The first-order chi connectivity index (χ1) is 9.95. The van der Waals surface area contributed by atoms with Gasteiger partial charge >= 0.3 is 0 Å². The Morgan fingerprint density at radius 3 is 2.81 bits per heavy atom. The first-order valence-corrected chi connectivity index (χ1v) is 7.51. The van der Waals surface area contributed by atoms with Crippen molar-refractivity contribution in [2.75, 3.05) is 11.1 Å². The fourth-order valence-electron chi connectivity index (χ4n) is 1.35. The van der Waals surface area contributed by atoms with Gasteiger partial charge in [-0.15, -0.1) is 10.2 Å². The first kappa shape index (κ1) is 15.8. The molecule has 0 unspecified atom stereocenters. The summed E-state index contributed by atoms with van der Waals surface area (Å²) in [5.74, 6) is -0.223. The van der Waals surface area contributed by atoms with Crippen molar-refractivity contribution in [2.24, 2.45) is 0 Å². The number of nitrogens with zero attached hydrogens (tertiary/aromatic N) is 2. The zero-order valence-corrected chi connectivity index (χ0v) is 13.1. The maximum Gasteiger partial charge on any atom is 0.273 e. The van der Waals surface area contributed by atoms with E-state index in [4.69, 9.17) is 23.2 Å². The SMILES string of the molecule is Cc1nnc(SCC(=O)Nc2ccc(Cl)cc2Cl)[nH]c1=O. The molecule has 2 rings (SSSR count). The highest BCUT2D eigenvalue weighted by Crippen LogP contribution is 2.25. The number of benzene rings is 1. The number of nitrogens with one attached hydrogen (secondary N) is 2. The maximum atomic E-state index is 11.8. The largest absolute Gasteiger partial charge is 0.324 e. The Kier molecular flexibility index (Phi) is 5.22. The summed E-state index contributed by atoms with van der Waals surface area (Å²) in [5, 5.41) is 11.2. The van der Waals surface area contributed by atoms with Crippen LogP contribution in [0.2, 0.25) is 10.0 Å². The monoisotopic (exact) mass is 344 g/mol. The second kappa shape index (κ2) is 6.93. The van der Waals surface area contributed by atoms with Gasteiger partial charge in [-0.3, -0.25) is 14.6 Å². The molecule has 0 radical (unpaired) electrons. The van der Waals surface area contributed by atoms with Gasteiger partial charge in [0.2, 0.25) is 5.91 Å². The number of hydrogen-bond acceptors (Lipinski definition) is 5. The van der Waals surface area contributed by atoms with E-state index in [0.29, 0.717) is 15.7 Å². The van der Waals surface area contributed by atoms with Crippen LogP contribution in [0.5, 0.6) is 0 Å². The third-order valence-corrected chi connectivity index (χ3v) is 3.80. The summed E-state index contributed by atoms with van der Waals surface area (Å²) < 4.78 is 0. The predicted molar refractivity (Wildman–Crippen MR) is 83.2 cm³/mol. The van der Waals surface area contributed by atoms with Crippen LogP contribution in [-0.4, -0.2) is 26.8 Å². The summed E-state index contributed by atoms with van der Waals surface area (Å²) in [6, 6.07) is 4.77. The Balaban J connectivity index is 1.95. The van der Waals surface area contributed by atoms with Gasteiger partial charge in [-0.1, -0.05) is 35.0 Å². The standard InChI is InChI=1S/C12H10Cl2N4O2S/c1-6-11(20)16-12(18-17-6)21-5-10(19)15-9-3-2-7(13)4-8(9)14/h2-4H,5H2,1H3,(H,15,19)(H,16,18,20). The highest BCUT2D eigenvalue weighted by atomic mass is 35.5. The lowest BCUT2D eigenvalue weighted by Gasteiger charge is -2.07. The van der Waals surface area contributed by atoms with Gasteiger partial charge in [0.05, 0.1) is 16.5 Å². The number of carbonyl (C=O) groups is 1. The summed E-state index contributed by atoms with van der Waals surface area (Å²) in [6.45, 7) is 1.55. The first-order valence-electron chi connectivity index (χ1n) is 5.77. The van der Waals surface area contributed by atoms with Crippen LogP contribution in [0.3, 0.4) is 0 Å². The van der Waals surface area contributed by atoms with Crippen LogP contribution >= 0.6 is 35.0 Å². The number of aromatic nitrogens is 3. The maximum absolute atomic E-state index is 11.8. The molecule has 0 aliphatic rings. The van der Waals surface area contributed by atoms with Gasteiger partial charge in [-0.2, -0.15) is 0 Å². The van der Waals surface area contributed by atoms with Gasteiger partial charge in [-0.05, 0) is 25.1 Å². The molecule has 21 heavy (non-hydrogen) atoms. The number of anilines is 1. The van der Waals surface area contributed by atoms with Crippen molar-refractivity contribution in [3.63, 3.8) is 0 Å². The van der Waals surface area contributed by atoms with E-state index in [2.05, 4.69) is 20.5 Å². The van der Waals surface area contributed by atoms with E-state index in [0.717, 1.165) is 11.8 Å². The molecule has 6 nitrogen and oxygen atoms in total. The Morgan fingerprint density at radius 2 is 2.14 bits per heavy atom. The van der Waals surface area contributed by atoms with Crippen LogP contribution in [0.1, 0.15) is 5.69 Å². The van der Waals surface area contributed by atoms with Crippen LogP contribution in [0, 0.1) is 6.92 Å². The molecule has 0 spiro atoms. The van der Waals surface area contributed by atoms with Crippen LogP contribution in [-0.2, 0) is 4.79 Å². The molecule has 1 aromatic heterocycles. The van der Waals surface area contributed by atoms with Gasteiger partial charge in [0.25, 0.3) is 5.56 Å². The summed E-state index contributed by atoms with van der Waals surface area (Å²) in [6.07, 6.45) is 0. The number of rotatable bonds is 4. The van der Waals surface area contributed by atoms with E-state index in [1.165, 1.54) is 6.07 Å². The van der Waals surface area contributed by atoms with Gasteiger partial charge < -0.3 is 5.32 Å². The van der Waals surface area contributed by atoms with E-state index in [1.54, 1.807) is 19.1 Å². The number of amides is 1. The second-order valence-corrected chi connectivity index (χ2v) is 5.81. The van der Waals surface area contributed by atoms with Crippen molar-refractivity contribution in [3.8, 4) is 0 Å². The van der Waals surface area contributed by atoms with Crippen LogP contribution in [0.4, 0.5) is 5.69 Å². The molecule has 0 saturated carbocycles. The molecule has 0 fully saturated rings. The lowest BCUT2D eigenvalue weighted by atomic mass is 10.3. The Morgan fingerprint density at radius 1 is 1.38 bits per heavy atom. The van der Waals surface area contributed by atoms with Crippen molar-refractivity contribution in [3.05, 3.63) is 44.3 Å². The minimum Gasteiger partial charge on any atom is -0.324 e. The zero-order chi connectivity index (χ0) is 15.4. The van der Waals surface area contributed by atoms with Crippen molar-refractivity contribution in [1.82, 2.24) is 15.2 Å². The molecule has 0 saturated heterocycles. The molecule has 0 atom stereocenters. The van der Waals surface area contributed by atoms with Crippen molar-refractivity contribution in [1.29, 1.82) is 0 Å². The van der Waals surface area contributed by atoms with Crippen LogP contribution < -0.4 is 10.9 Å². The van der Waals surface area contributed by atoms with Gasteiger partial charge in [0.1, 0.15) is 5.69 Å². The van der Waals surface area contributed by atoms with Crippen LogP contribution in [0.25, 0.3) is 0 Å². The van der Waals surface area contributed by atoms with Crippen molar-refractivity contribution in [2.45, 2.75) is 12.1 Å². The molecule has 9 heteroatoms. The summed E-state index contributed by atoms with van der Waals surface area (Å²) in [5.41, 5.74) is 0.417. The van der Waals surface area contributed by atoms with Gasteiger partial charge in [-0.25, -0.2) is 0 Å². The Hall–Kier alpha value is -1.57. The second-order valence-electron chi connectivity index (χ2n) is 4.01. The molecule has 2 N–H and O–H groups in total. The number of carbonyl (C=O) groups excluding carboxylic acids is 1. The lowest BCUT2D eigenvalue weighted by molar-refractivity contribution is -0.113. The van der Waals surface area contributed by atoms with Crippen molar-refractivity contribution < 1.29 is 4.79 Å². The molecule has 0 aliphatic carbocycles. The minimum atomic E-state index is -0.325. The quantitative estimate of drug-likeness (QED) is 0.832. The Bertz CT molecular complexity index is 735. The number of halogens is 2. The third-order valence-electron chi connectivity index (χ3n) is 2.39. The van der Waals surface area contributed by atoms with Gasteiger partial charge in [0.15, 0.2) is 5.16 Å². The fraction of sp³-hybridized carbons (Fsp3) is 0.167. The van der Waals surface area contributed by atoms with E-state index in [9.17, 15) is 9.59 Å². The van der Waals surface area contributed by atoms with E-state index in [-0.39, 0.29) is 28.1 Å². The number of aryl methyl sites for hydroxylation is 1. The molecule has 0 aliphatic heterocycles. The Labute approximate surface area is 134 Å². The average Bonchev–Trinajstić information content (AvgIpc) is 2.43. The number of hydrogen-bond donors (Lipinski definition) is 2. The molecule has 1 heterocycles. The zero-order valence-electron chi connectivity index (χ0n) is 10.8. The van der Waals surface area contributed by atoms with Crippen molar-refractivity contribution >= 4 is 46.6 Å². The highest BCUT2D eigenvalue weighted by Gasteiger charge is 2.09. The van der Waals surface area contributed by atoms with Gasteiger partial charge in [0, 0.05) is 5.02 Å². The normalized spacial score (nSPS) is 10.4. The average molecular weight is 345 g/mol. The fourth-order valence-corrected chi connectivity index (χ4v) is 2.41. The summed E-state index contributed by atoms with van der Waals surface area (Å²) in [7, 11) is 0. The van der Waals surface area contributed by atoms with E-state index < -0.39 is 0 Å².